The summed E-state index contributed by atoms with van der Waals surface area (Å²) < 4.78 is 4.76. The normalized spacial score (nSPS) is 21.0. The minimum Gasteiger partial charge on any atom is -0.402 e. The van der Waals surface area contributed by atoms with Crippen molar-refractivity contribution >= 4 is 7.32 Å². The Morgan fingerprint density at radius 1 is 1.30 bits per heavy atom. The Hall–Kier alpha value is -0.0951. The van der Waals surface area contributed by atoms with Crippen LogP contribution in [0.25, 0.3) is 0 Å². The fraction of sp³-hybridized carbons (Fsp3) is 1.00. The molecule has 3 N–H and O–H groups in total. The first-order valence-corrected chi connectivity index (χ1v) is 3.51. The van der Waals surface area contributed by atoms with E-state index in [1.807, 2.05) is 0 Å². The zero-order valence-electron chi connectivity index (χ0n) is 5.79. The summed E-state index contributed by atoms with van der Waals surface area (Å²) in [4.78, 5) is 0. The van der Waals surface area contributed by atoms with Crippen LogP contribution in [0.1, 0.15) is 12.8 Å². The Morgan fingerprint density at radius 2 is 1.90 bits per heavy atom. The fourth-order valence-electron chi connectivity index (χ4n) is 1.10. The van der Waals surface area contributed by atoms with Crippen LogP contribution in [0.4, 0.5) is 0 Å². The third-order valence-electron chi connectivity index (χ3n) is 1.60. The van der Waals surface area contributed by atoms with Gasteiger partial charge in [-0.05, 0) is 25.9 Å². The van der Waals surface area contributed by atoms with Gasteiger partial charge in [-0.1, -0.05) is 0 Å². The zero-order valence-corrected chi connectivity index (χ0v) is 5.79. The second kappa shape index (κ2) is 3.93. The van der Waals surface area contributed by atoms with Crippen molar-refractivity contribution in [3.8, 4) is 0 Å². The molecule has 0 aliphatic carbocycles. The van der Waals surface area contributed by atoms with Crippen LogP contribution in [-0.2, 0) is 4.65 Å². The second-order valence-electron chi connectivity index (χ2n) is 2.41. The summed E-state index contributed by atoms with van der Waals surface area (Å²) in [5.74, 6) is 0. The Morgan fingerprint density at radius 3 is 2.40 bits per heavy atom. The lowest BCUT2D eigenvalue weighted by Crippen LogP contribution is -2.36. The lowest BCUT2D eigenvalue weighted by molar-refractivity contribution is 0.0948. The third-order valence-corrected chi connectivity index (χ3v) is 1.60. The number of hydrogen-bond acceptors (Lipinski definition) is 4. The molecule has 1 aliphatic rings. The molecular formula is C5H12BNO3. The Labute approximate surface area is 60.4 Å². The van der Waals surface area contributed by atoms with Gasteiger partial charge in [-0.15, -0.1) is 0 Å². The largest absolute Gasteiger partial charge is 0.634 e. The first kappa shape index (κ1) is 8.01. The summed E-state index contributed by atoms with van der Waals surface area (Å²) in [5.41, 5.74) is 0. The third kappa shape index (κ3) is 2.66. The van der Waals surface area contributed by atoms with E-state index in [0.29, 0.717) is 0 Å². The Bertz CT molecular complexity index is 94.9. The maximum absolute atomic E-state index is 8.42. The van der Waals surface area contributed by atoms with Crippen LogP contribution in [0.15, 0.2) is 0 Å². The molecule has 58 valence electrons. The molecule has 1 heterocycles. The van der Waals surface area contributed by atoms with E-state index < -0.39 is 7.32 Å². The van der Waals surface area contributed by atoms with Crippen molar-refractivity contribution in [1.82, 2.24) is 5.32 Å². The molecule has 1 fully saturated rings. The molecule has 0 atom stereocenters. The van der Waals surface area contributed by atoms with E-state index in [1.54, 1.807) is 0 Å². The number of rotatable bonds is 2. The molecule has 1 saturated heterocycles. The predicted molar refractivity (Wildman–Crippen MR) is 37.2 cm³/mol. The van der Waals surface area contributed by atoms with Crippen LogP contribution in [0.3, 0.4) is 0 Å². The summed E-state index contributed by atoms with van der Waals surface area (Å²) in [5, 5.41) is 20.0. The van der Waals surface area contributed by atoms with Crippen LogP contribution >= 0.6 is 0 Å². The van der Waals surface area contributed by atoms with E-state index in [0.717, 1.165) is 25.9 Å². The average molecular weight is 145 g/mol. The molecule has 1 aliphatic heterocycles. The van der Waals surface area contributed by atoms with E-state index in [1.165, 1.54) is 0 Å². The maximum Gasteiger partial charge on any atom is 0.634 e. The van der Waals surface area contributed by atoms with Gasteiger partial charge in [0.05, 0.1) is 0 Å². The average Bonchev–Trinajstić information content (AvgIpc) is 1.88. The maximum atomic E-state index is 8.42. The van der Waals surface area contributed by atoms with Gasteiger partial charge in [0.1, 0.15) is 0 Å². The molecule has 5 heteroatoms. The summed E-state index contributed by atoms with van der Waals surface area (Å²) in [6.45, 7) is 1.80. The topological polar surface area (TPSA) is 61.7 Å². The molecule has 10 heavy (non-hydrogen) atoms. The van der Waals surface area contributed by atoms with E-state index in [-0.39, 0.29) is 6.10 Å². The lowest BCUT2D eigenvalue weighted by Gasteiger charge is -2.22. The van der Waals surface area contributed by atoms with Gasteiger partial charge in [0, 0.05) is 6.10 Å². The van der Waals surface area contributed by atoms with Crippen molar-refractivity contribution in [3.05, 3.63) is 0 Å². The van der Waals surface area contributed by atoms with Crippen LogP contribution in [0.2, 0.25) is 0 Å². The number of nitrogens with one attached hydrogen (secondary N) is 1. The highest BCUT2D eigenvalue weighted by molar-refractivity contribution is 6.32. The Kier molecular flexibility index (Phi) is 3.14. The van der Waals surface area contributed by atoms with Crippen molar-refractivity contribution in [2.75, 3.05) is 13.1 Å². The number of hydrogen-bond donors (Lipinski definition) is 3. The smallest absolute Gasteiger partial charge is 0.402 e. The summed E-state index contributed by atoms with van der Waals surface area (Å²) in [7, 11) is -1.61. The standard InChI is InChI=1S/C5H12BNO3/c8-6(9)10-5-1-3-7-4-2-5/h5,7-9H,1-4H2. The first-order chi connectivity index (χ1) is 4.79. The Balaban J connectivity index is 2.13. The zero-order chi connectivity index (χ0) is 7.40. The van der Waals surface area contributed by atoms with Crippen molar-refractivity contribution < 1.29 is 14.7 Å². The fourth-order valence-corrected chi connectivity index (χ4v) is 1.10. The second-order valence-corrected chi connectivity index (χ2v) is 2.41. The molecule has 1 rings (SSSR count). The molecule has 0 radical (unpaired) electrons. The molecule has 0 amide bonds. The van der Waals surface area contributed by atoms with E-state index in [9.17, 15) is 0 Å². The highest BCUT2D eigenvalue weighted by atomic mass is 16.6. The van der Waals surface area contributed by atoms with E-state index >= 15 is 0 Å². The lowest BCUT2D eigenvalue weighted by atomic mass is 10.1. The molecule has 0 spiro atoms. The minimum atomic E-state index is -1.61. The number of piperidine rings is 1. The molecule has 0 unspecified atom stereocenters. The highest BCUT2D eigenvalue weighted by Crippen LogP contribution is 2.06. The van der Waals surface area contributed by atoms with Crippen LogP contribution in [-0.4, -0.2) is 36.6 Å². The van der Waals surface area contributed by atoms with Crippen LogP contribution in [0, 0.1) is 0 Å². The monoisotopic (exact) mass is 145 g/mol. The quantitative estimate of drug-likeness (QED) is 0.423. The van der Waals surface area contributed by atoms with Gasteiger partial charge < -0.3 is 20.0 Å². The predicted octanol–water partition coefficient (Wildman–Crippen LogP) is -1.28. The molecule has 0 aromatic carbocycles. The van der Waals surface area contributed by atoms with Crippen molar-refractivity contribution in [2.24, 2.45) is 0 Å². The van der Waals surface area contributed by atoms with Gasteiger partial charge in [-0.25, -0.2) is 0 Å². The van der Waals surface area contributed by atoms with Gasteiger partial charge in [0.25, 0.3) is 0 Å². The molecule has 0 aromatic rings. The molecule has 0 saturated carbocycles. The first-order valence-electron chi connectivity index (χ1n) is 3.51. The van der Waals surface area contributed by atoms with Crippen molar-refractivity contribution in [1.29, 1.82) is 0 Å². The van der Waals surface area contributed by atoms with Gasteiger partial charge in [0.15, 0.2) is 0 Å². The van der Waals surface area contributed by atoms with Crippen molar-refractivity contribution in [2.45, 2.75) is 18.9 Å². The van der Waals surface area contributed by atoms with E-state index in [4.69, 9.17) is 14.7 Å². The SMILES string of the molecule is OB(O)OC1CCNCC1. The summed E-state index contributed by atoms with van der Waals surface area (Å²) in [6, 6.07) is 0. The molecule has 4 nitrogen and oxygen atoms in total. The van der Waals surface area contributed by atoms with E-state index in [2.05, 4.69) is 5.32 Å². The van der Waals surface area contributed by atoms with Crippen LogP contribution in [0.5, 0.6) is 0 Å². The van der Waals surface area contributed by atoms with Crippen molar-refractivity contribution in [3.63, 3.8) is 0 Å². The van der Waals surface area contributed by atoms with Crippen LogP contribution < -0.4 is 5.32 Å². The van der Waals surface area contributed by atoms with Gasteiger partial charge in [-0.3, -0.25) is 0 Å². The summed E-state index contributed by atoms with van der Waals surface area (Å²) in [6.07, 6.45) is 1.73. The highest BCUT2D eigenvalue weighted by Gasteiger charge is 2.19. The van der Waals surface area contributed by atoms with Gasteiger partial charge in [0.2, 0.25) is 0 Å². The van der Waals surface area contributed by atoms with Gasteiger partial charge >= 0.3 is 7.32 Å². The molecule has 0 bridgehead atoms. The molecular weight excluding hydrogens is 133 g/mol. The van der Waals surface area contributed by atoms with Gasteiger partial charge in [-0.2, -0.15) is 0 Å². The minimum absolute atomic E-state index is 0.0150. The summed E-state index contributed by atoms with van der Waals surface area (Å²) >= 11 is 0. The molecule has 0 aromatic heterocycles.